The largest absolute Gasteiger partial charge is 0.465 e. The summed E-state index contributed by atoms with van der Waals surface area (Å²) in [6.07, 6.45) is -1.07. The number of amides is 1. The van der Waals surface area contributed by atoms with Gasteiger partial charge < -0.3 is 14.7 Å². The molecule has 12 heavy (non-hydrogen) atoms. The fourth-order valence-electron chi connectivity index (χ4n) is 1.13. The van der Waals surface area contributed by atoms with Crippen LogP contribution in [0.1, 0.15) is 6.92 Å². The first-order chi connectivity index (χ1) is 5.61. The second-order valence-corrected chi connectivity index (χ2v) is 3.50. The average molecular weight is 194 g/mol. The summed E-state index contributed by atoms with van der Waals surface area (Å²) in [6, 6.07) is 0. The Morgan fingerprint density at radius 2 is 2.50 bits per heavy atom. The number of morpholine rings is 1. The Bertz CT molecular complexity index is 174. The molecule has 0 aromatic heterocycles. The van der Waals surface area contributed by atoms with Gasteiger partial charge in [0, 0.05) is 6.54 Å². The van der Waals surface area contributed by atoms with Crippen molar-refractivity contribution in [3.8, 4) is 0 Å². The average Bonchev–Trinajstić information content (AvgIpc) is 2.04. The van der Waals surface area contributed by atoms with Crippen LogP contribution in [-0.4, -0.2) is 47.3 Å². The first-order valence-electron chi connectivity index (χ1n) is 3.85. The number of hydrogen-bond donors (Lipinski definition) is 1. The molecule has 1 fully saturated rings. The third kappa shape index (κ3) is 2.25. The summed E-state index contributed by atoms with van der Waals surface area (Å²) in [5.74, 6) is 0. The maximum atomic E-state index is 10.5. The number of nitrogens with zero attached hydrogens (tertiary/aromatic N) is 1. The van der Waals surface area contributed by atoms with Gasteiger partial charge in [0.2, 0.25) is 0 Å². The third-order valence-electron chi connectivity index (χ3n) is 1.88. The molecule has 4 nitrogen and oxygen atoms in total. The smallest absolute Gasteiger partial charge is 0.407 e. The minimum absolute atomic E-state index is 0.146. The molecule has 0 aromatic rings. The molecule has 0 spiro atoms. The summed E-state index contributed by atoms with van der Waals surface area (Å²) in [6.45, 7) is 3.06. The molecule has 5 heteroatoms. The molecule has 0 aromatic carbocycles. The van der Waals surface area contributed by atoms with E-state index in [9.17, 15) is 4.79 Å². The summed E-state index contributed by atoms with van der Waals surface area (Å²) in [7, 11) is 0. The molecule has 1 rings (SSSR count). The zero-order valence-electron chi connectivity index (χ0n) is 6.86. The van der Waals surface area contributed by atoms with E-state index < -0.39 is 6.09 Å². The Morgan fingerprint density at radius 1 is 1.83 bits per heavy atom. The van der Waals surface area contributed by atoms with E-state index in [2.05, 4.69) is 0 Å². The van der Waals surface area contributed by atoms with E-state index in [4.69, 9.17) is 21.4 Å². The van der Waals surface area contributed by atoms with Crippen LogP contribution in [-0.2, 0) is 4.74 Å². The lowest BCUT2D eigenvalue weighted by Crippen LogP contribution is -2.47. The van der Waals surface area contributed by atoms with E-state index in [0.29, 0.717) is 19.7 Å². The highest BCUT2D eigenvalue weighted by atomic mass is 35.5. The summed E-state index contributed by atoms with van der Waals surface area (Å²) < 4.78 is 5.28. The second kappa shape index (κ2) is 3.96. The van der Waals surface area contributed by atoms with Crippen molar-refractivity contribution >= 4 is 17.7 Å². The lowest BCUT2D eigenvalue weighted by Gasteiger charge is -2.32. The maximum absolute atomic E-state index is 10.5. The van der Waals surface area contributed by atoms with Crippen LogP contribution < -0.4 is 0 Å². The van der Waals surface area contributed by atoms with E-state index in [1.807, 2.05) is 0 Å². The van der Waals surface area contributed by atoms with Crippen LogP contribution in [0.5, 0.6) is 0 Å². The molecule has 1 amide bonds. The quantitative estimate of drug-likeness (QED) is 0.632. The number of alkyl halides is 1. The van der Waals surface area contributed by atoms with Crippen LogP contribution in [0.3, 0.4) is 0 Å². The molecule has 2 atom stereocenters. The molecule has 1 saturated heterocycles. The number of ether oxygens (including phenoxy) is 1. The summed E-state index contributed by atoms with van der Waals surface area (Å²) in [4.78, 5) is 11.9. The Kier molecular flexibility index (Phi) is 3.17. The van der Waals surface area contributed by atoms with Gasteiger partial charge >= 0.3 is 6.09 Å². The molecule has 1 aliphatic heterocycles. The fourth-order valence-corrected chi connectivity index (χ4v) is 1.28. The highest BCUT2D eigenvalue weighted by Crippen LogP contribution is 2.12. The van der Waals surface area contributed by atoms with Crippen molar-refractivity contribution in [2.24, 2.45) is 0 Å². The van der Waals surface area contributed by atoms with Crippen molar-refractivity contribution in [3.05, 3.63) is 0 Å². The zero-order chi connectivity index (χ0) is 9.14. The zero-order valence-corrected chi connectivity index (χ0v) is 7.62. The van der Waals surface area contributed by atoms with E-state index in [0.717, 1.165) is 0 Å². The van der Waals surface area contributed by atoms with Crippen molar-refractivity contribution in [1.82, 2.24) is 4.90 Å². The predicted molar refractivity (Wildman–Crippen MR) is 44.7 cm³/mol. The van der Waals surface area contributed by atoms with Gasteiger partial charge in [-0.25, -0.2) is 4.79 Å². The monoisotopic (exact) mass is 193 g/mol. The van der Waals surface area contributed by atoms with Crippen molar-refractivity contribution in [2.75, 3.05) is 19.7 Å². The normalized spacial score (nSPS) is 26.8. The van der Waals surface area contributed by atoms with Gasteiger partial charge in [-0.15, -0.1) is 11.6 Å². The van der Waals surface area contributed by atoms with Crippen molar-refractivity contribution < 1.29 is 14.6 Å². The molecule has 0 radical (unpaired) electrons. The third-order valence-corrected chi connectivity index (χ3v) is 2.16. The highest BCUT2D eigenvalue weighted by Gasteiger charge is 2.26. The van der Waals surface area contributed by atoms with Gasteiger partial charge in [-0.3, -0.25) is 0 Å². The summed E-state index contributed by atoms with van der Waals surface area (Å²) in [5, 5.41) is 8.52. The topological polar surface area (TPSA) is 49.8 Å². The van der Waals surface area contributed by atoms with Crippen molar-refractivity contribution in [2.45, 2.75) is 18.4 Å². The highest BCUT2D eigenvalue weighted by molar-refractivity contribution is 6.20. The molecular weight excluding hydrogens is 182 g/mol. The molecule has 70 valence electrons. The standard InChI is InChI=1S/C7H12ClNO3/c1-5(8)6-4-9(7(10)11)2-3-12-6/h5-6H,2-4H2,1H3,(H,10,11). The van der Waals surface area contributed by atoms with Gasteiger partial charge in [-0.05, 0) is 6.92 Å². The van der Waals surface area contributed by atoms with Gasteiger partial charge in [0.05, 0.1) is 24.6 Å². The summed E-state index contributed by atoms with van der Waals surface area (Å²) >= 11 is 5.78. The van der Waals surface area contributed by atoms with Gasteiger partial charge in [-0.2, -0.15) is 0 Å². The molecule has 1 aliphatic rings. The number of halogens is 1. The summed E-state index contributed by atoms with van der Waals surface area (Å²) in [5.41, 5.74) is 0. The molecule has 1 heterocycles. The fraction of sp³-hybridized carbons (Fsp3) is 0.857. The predicted octanol–water partition coefficient (Wildman–Crippen LogP) is 0.993. The molecule has 0 saturated carbocycles. The van der Waals surface area contributed by atoms with Crippen LogP contribution in [0.15, 0.2) is 0 Å². The minimum atomic E-state index is -0.902. The van der Waals surface area contributed by atoms with Crippen LogP contribution in [0, 0.1) is 0 Å². The Hall–Kier alpha value is -0.480. The number of carbonyl (C=O) groups is 1. The Labute approximate surface area is 76.1 Å². The van der Waals surface area contributed by atoms with Crippen LogP contribution >= 0.6 is 11.6 Å². The van der Waals surface area contributed by atoms with Gasteiger partial charge in [0.25, 0.3) is 0 Å². The lowest BCUT2D eigenvalue weighted by molar-refractivity contribution is -0.0210. The molecular formula is C7H12ClNO3. The maximum Gasteiger partial charge on any atom is 0.407 e. The molecule has 0 aliphatic carbocycles. The number of hydrogen-bond acceptors (Lipinski definition) is 2. The van der Waals surface area contributed by atoms with Crippen LogP contribution in [0.25, 0.3) is 0 Å². The second-order valence-electron chi connectivity index (χ2n) is 2.82. The van der Waals surface area contributed by atoms with Gasteiger partial charge in [-0.1, -0.05) is 0 Å². The van der Waals surface area contributed by atoms with Gasteiger partial charge in [0.1, 0.15) is 0 Å². The minimum Gasteiger partial charge on any atom is -0.465 e. The van der Waals surface area contributed by atoms with E-state index in [1.54, 1.807) is 6.92 Å². The van der Waals surface area contributed by atoms with Crippen molar-refractivity contribution in [1.29, 1.82) is 0 Å². The number of carboxylic acid groups (broad SMARTS) is 1. The first kappa shape index (κ1) is 9.61. The first-order valence-corrected chi connectivity index (χ1v) is 4.28. The SMILES string of the molecule is CC(Cl)C1CN(C(=O)O)CCO1. The van der Waals surface area contributed by atoms with E-state index in [-0.39, 0.29) is 11.5 Å². The van der Waals surface area contributed by atoms with Crippen LogP contribution in [0.2, 0.25) is 0 Å². The molecule has 1 N–H and O–H groups in total. The Balaban J connectivity index is 2.46. The van der Waals surface area contributed by atoms with E-state index in [1.165, 1.54) is 4.90 Å². The van der Waals surface area contributed by atoms with Gasteiger partial charge in [0.15, 0.2) is 0 Å². The number of rotatable bonds is 1. The molecule has 0 bridgehead atoms. The van der Waals surface area contributed by atoms with Crippen LogP contribution in [0.4, 0.5) is 4.79 Å². The van der Waals surface area contributed by atoms with Crippen molar-refractivity contribution in [3.63, 3.8) is 0 Å². The molecule has 2 unspecified atom stereocenters. The Morgan fingerprint density at radius 3 is 3.00 bits per heavy atom. The van der Waals surface area contributed by atoms with E-state index >= 15 is 0 Å². The lowest BCUT2D eigenvalue weighted by atomic mass is 10.2.